The van der Waals surface area contributed by atoms with E-state index in [4.69, 9.17) is 5.14 Å². The maximum absolute atomic E-state index is 12.4. The summed E-state index contributed by atoms with van der Waals surface area (Å²) in [5.41, 5.74) is 1.48. The van der Waals surface area contributed by atoms with Gasteiger partial charge < -0.3 is 10.2 Å². The fraction of sp³-hybridized carbons (Fsp3) is 0.133. The summed E-state index contributed by atoms with van der Waals surface area (Å²) in [5.74, 6) is -0.346. The van der Waals surface area contributed by atoms with Crippen molar-refractivity contribution in [1.82, 2.24) is 0 Å². The molecule has 0 aliphatic carbocycles. The maximum atomic E-state index is 12.4. The van der Waals surface area contributed by atoms with Crippen LogP contribution in [-0.2, 0) is 10.0 Å². The second-order valence-electron chi connectivity index (χ2n) is 5.08. The third-order valence-electron chi connectivity index (χ3n) is 3.11. The molecular formula is C15H16BrN3O3S. The first-order chi connectivity index (χ1) is 10.7. The number of carbonyl (C=O) groups excluding carboxylic acids is 1. The first-order valence-corrected chi connectivity index (χ1v) is 8.93. The molecule has 1 amide bonds. The van der Waals surface area contributed by atoms with Crippen LogP contribution in [0.3, 0.4) is 0 Å². The number of halogens is 1. The Labute approximate surface area is 143 Å². The first kappa shape index (κ1) is 17.5. The van der Waals surface area contributed by atoms with Gasteiger partial charge in [-0.15, -0.1) is 0 Å². The lowest BCUT2D eigenvalue weighted by Crippen LogP contribution is -2.18. The average molecular weight is 398 g/mol. The maximum Gasteiger partial charge on any atom is 0.255 e. The van der Waals surface area contributed by atoms with Gasteiger partial charge >= 0.3 is 0 Å². The fourth-order valence-corrected chi connectivity index (χ4v) is 2.95. The normalized spacial score (nSPS) is 11.1. The molecule has 122 valence electrons. The molecule has 0 aliphatic rings. The number of hydrogen-bond acceptors (Lipinski definition) is 4. The van der Waals surface area contributed by atoms with Crippen LogP contribution in [0.1, 0.15) is 10.4 Å². The van der Waals surface area contributed by atoms with E-state index in [0.717, 1.165) is 4.47 Å². The molecule has 0 atom stereocenters. The Morgan fingerprint density at radius 2 is 1.87 bits per heavy atom. The van der Waals surface area contributed by atoms with Crippen molar-refractivity contribution >= 4 is 43.2 Å². The van der Waals surface area contributed by atoms with Crippen molar-refractivity contribution in [2.45, 2.75) is 4.90 Å². The Hall–Kier alpha value is -1.90. The van der Waals surface area contributed by atoms with Crippen LogP contribution in [0.4, 0.5) is 11.4 Å². The zero-order valence-corrected chi connectivity index (χ0v) is 15.0. The molecule has 0 heterocycles. The van der Waals surface area contributed by atoms with Crippen LogP contribution in [0, 0.1) is 0 Å². The third kappa shape index (κ3) is 4.31. The van der Waals surface area contributed by atoms with E-state index < -0.39 is 10.0 Å². The largest absolute Gasteiger partial charge is 0.376 e. The average Bonchev–Trinajstić information content (AvgIpc) is 2.46. The van der Waals surface area contributed by atoms with E-state index in [2.05, 4.69) is 21.2 Å². The van der Waals surface area contributed by atoms with E-state index >= 15 is 0 Å². The van der Waals surface area contributed by atoms with Gasteiger partial charge in [-0.1, -0.05) is 22.0 Å². The molecule has 0 unspecified atom stereocenters. The Bertz CT molecular complexity index is 851. The van der Waals surface area contributed by atoms with Crippen LogP contribution < -0.4 is 15.4 Å². The monoisotopic (exact) mass is 397 g/mol. The van der Waals surface area contributed by atoms with Gasteiger partial charge in [0.1, 0.15) is 0 Å². The molecule has 0 bridgehead atoms. The van der Waals surface area contributed by atoms with Crippen LogP contribution >= 0.6 is 15.9 Å². The van der Waals surface area contributed by atoms with Gasteiger partial charge in [0, 0.05) is 24.1 Å². The molecule has 0 saturated heterocycles. The third-order valence-corrected chi connectivity index (χ3v) is 4.52. The lowest BCUT2D eigenvalue weighted by atomic mass is 10.2. The minimum absolute atomic E-state index is 0.0624. The number of primary sulfonamides is 1. The minimum Gasteiger partial charge on any atom is -0.376 e. The summed E-state index contributed by atoms with van der Waals surface area (Å²) in [4.78, 5) is 14.1. The lowest BCUT2D eigenvalue weighted by molar-refractivity contribution is 0.102. The second kappa shape index (κ2) is 6.69. The van der Waals surface area contributed by atoms with E-state index in [1.54, 1.807) is 43.3 Å². The highest BCUT2D eigenvalue weighted by molar-refractivity contribution is 9.10. The van der Waals surface area contributed by atoms with Crippen LogP contribution in [-0.4, -0.2) is 28.4 Å². The van der Waals surface area contributed by atoms with E-state index in [1.807, 2.05) is 6.07 Å². The number of benzene rings is 2. The highest BCUT2D eigenvalue weighted by Crippen LogP contribution is 2.28. The summed E-state index contributed by atoms with van der Waals surface area (Å²) in [5, 5.41) is 7.88. The number of carbonyl (C=O) groups is 1. The quantitative estimate of drug-likeness (QED) is 0.828. The molecule has 6 nitrogen and oxygen atoms in total. The van der Waals surface area contributed by atoms with Crippen LogP contribution in [0.5, 0.6) is 0 Å². The summed E-state index contributed by atoms with van der Waals surface area (Å²) >= 11 is 3.31. The molecule has 0 fully saturated rings. The van der Waals surface area contributed by atoms with Gasteiger partial charge in [0.2, 0.25) is 10.0 Å². The molecule has 2 aromatic rings. The van der Waals surface area contributed by atoms with Gasteiger partial charge in [-0.25, -0.2) is 13.6 Å². The van der Waals surface area contributed by atoms with Gasteiger partial charge in [-0.05, 0) is 36.4 Å². The van der Waals surface area contributed by atoms with Crippen molar-refractivity contribution in [3.05, 3.63) is 52.5 Å². The Morgan fingerprint density at radius 3 is 2.43 bits per heavy atom. The van der Waals surface area contributed by atoms with Crippen LogP contribution in [0.25, 0.3) is 0 Å². The van der Waals surface area contributed by atoms with Gasteiger partial charge in [0.05, 0.1) is 16.3 Å². The van der Waals surface area contributed by atoms with Crippen molar-refractivity contribution in [2.24, 2.45) is 5.14 Å². The van der Waals surface area contributed by atoms with Crippen LogP contribution in [0.2, 0.25) is 0 Å². The number of anilines is 2. The molecule has 0 radical (unpaired) electrons. The predicted molar refractivity (Wildman–Crippen MR) is 94.2 cm³/mol. The van der Waals surface area contributed by atoms with Gasteiger partial charge in [-0.3, -0.25) is 4.79 Å². The molecule has 3 N–H and O–H groups in total. The topological polar surface area (TPSA) is 92.5 Å². The van der Waals surface area contributed by atoms with Crippen LogP contribution in [0.15, 0.2) is 51.8 Å². The first-order valence-electron chi connectivity index (χ1n) is 6.59. The summed E-state index contributed by atoms with van der Waals surface area (Å²) in [7, 11) is -0.267. The summed E-state index contributed by atoms with van der Waals surface area (Å²) in [6.07, 6.45) is 0. The highest BCUT2D eigenvalue weighted by atomic mass is 79.9. The molecule has 0 aromatic heterocycles. The Balaban J connectivity index is 2.42. The number of amides is 1. The van der Waals surface area contributed by atoms with E-state index in [9.17, 15) is 13.2 Å². The number of hydrogen-bond donors (Lipinski definition) is 2. The van der Waals surface area contributed by atoms with Crippen molar-refractivity contribution in [1.29, 1.82) is 0 Å². The summed E-state index contributed by atoms with van der Waals surface area (Å²) in [6.45, 7) is 0. The smallest absolute Gasteiger partial charge is 0.255 e. The molecule has 0 spiro atoms. The number of nitrogens with one attached hydrogen (secondary N) is 1. The summed E-state index contributed by atoms with van der Waals surface area (Å²) in [6, 6.07) is 11.2. The molecular weight excluding hydrogens is 382 g/mol. The van der Waals surface area contributed by atoms with Crippen molar-refractivity contribution in [3.8, 4) is 0 Å². The molecule has 0 aliphatic heterocycles. The number of rotatable bonds is 4. The SMILES string of the molecule is CN(C)c1ccc(S(N)(=O)=O)cc1NC(=O)c1cccc(Br)c1. The van der Waals surface area contributed by atoms with Crippen molar-refractivity contribution in [2.75, 3.05) is 24.3 Å². The molecule has 23 heavy (non-hydrogen) atoms. The number of sulfonamides is 1. The fourth-order valence-electron chi connectivity index (χ4n) is 2.01. The van der Waals surface area contributed by atoms with Gasteiger partial charge in [0.15, 0.2) is 0 Å². The zero-order valence-electron chi connectivity index (χ0n) is 12.6. The van der Waals surface area contributed by atoms with E-state index in [0.29, 0.717) is 16.9 Å². The zero-order chi connectivity index (χ0) is 17.2. The molecule has 2 rings (SSSR count). The van der Waals surface area contributed by atoms with E-state index in [-0.39, 0.29) is 10.8 Å². The minimum atomic E-state index is -3.85. The number of nitrogens with two attached hydrogens (primary N) is 1. The molecule has 2 aromatic carbocycles. The Morgan fingerprint density at radius 1 is 1.17 bits per heavy atom. The molecule has 8 heteroatoms. The van der Waals surface area contributed by atoms with Crippen molar-refractivity contribution in [3.63, 3.8) is 0 Å². The predicted octanol–water partition coefficient (Wildman–Crippen LogP) is 2.41. The van der Waals surface area contributed by atoms with Crippen molar-refractivity contribution < 1.29 is 13.2 Å². The van der Waals surface area contributed by atoms with Gasteiger partial charge in [0.25, 0.3) is 5.91 Å². The highest BCUT2D eigenvalue weighted by Gasteiger charge is 2.15. The Kier molecular flexibility index (Phi) is 5.08. The number of nitrogens with zero attached hydrogens (tertiary/aromatic N) is 1. The second-order valence-corrected chi connectivity index (χ2v) is 7.56. The lowest BCUT2D eigenvalue weighted by Gasteiger charge is -2.19. The standard InChI is InChI=1S/C15H16BrN3O3S/c1-19(2)14-7-6-12(23(17,21)22)9-13(14)18-15(20)10-4-3-5-11(16)8-10/h3-9H,1-2H3,(H,18,20)(H2,17,21,22). The molecule has 0 saturated carbocycles. The summed E-state index contributed by atoms with van der Waals surface area (Å²) < 4.78 is 23.8. The van der Waals surface area contributed by atoms with E-state index in [1.165, 1.54) is 12.1 Å². The van der Waals surface area contributed by atoms with Gasteiger partial charge in [-0.2, -0.15) is 0 Å².